The van der Waals surface area contributed by atoms with E-state index in [-0.39, 0.29) is 19.5 Å². The zero-order valence-corrected chi connectivity index (χ0v) is 12.9. The van der Waals surface area contributed by atoms with E-state index >= 15 is 0 Å². The van der Waals surface area contributed by atoms with Crippen molar-refractivity contribution < 1.29 is 18.0 Å². The summed E-state index contributed by atoms with van der Waals surface area (Å²) in [6, 6.07) is -0.483. The molecule has 2 heterocycles. The number of carbonyl (C=O) groups is 1. The number of alkyl halides is 3. The van der Waals surface area contributed by atoms with Crippen molar-refractivity contribution in [1.29, 1.82) is 0 Å². The van der Waals surface area contributed by atoms with Crippen LogP contribution in [0.5, 0.6) is 0 Å². The van der Waals surface area contributed by atoms with Crippen molar-refractivity contribution in [3.05, 3.63) is 15.6 Å². The van der Waals surface area contributed by atoms with Crippen LogP contribution in [0, 0.1) is 19.3 Å². The number of amides is 1. The average Bonchev–Trinajstić information content (AvgIpc) is 2.95. The van der Waals surface area contributed by atoms with E-state index in [1.165, 1.54) is 11.3 Å². The molecule has 2 unspecified atom stereocenters. The van der Waals surface area contributed by atoms with Crippen molar-refractivity contribution in [3.8, 4) is 0 Å². The second kappa shape index (κ2) is 5.57. The third kappa shape index (κ3) is 2.91. The van der Waals surface area contributed by atoms with Crippen LogP contribution in [-0.2, 0) is 4.79 Å². The van der Waals surface area contributed by atoms with Crippen LogP contribution in [0.2, 0.25) is 0 Å². The first-order chi connectivity index (χ1) is 9.67. The fraction of sp³-hybridized carbons (Fsp3) is 0.692. The van der Waals surface area contributed by atoms with Crippen LogP contribution in [-0.4, -0.2) is 30.2 Å². The minimum atomic E-state index is -4.56. The third-order valence-corrected chi connectivity index (χ3v) is 5.07. The van der Waals surface area contributed by atoms with E-state index < -0.39 is 23.5 Å². The minimum Gasteiger partial charge on any atom is -0.348 e. The Kier molecular flexibility index (Phi) is 4.30. The highest BCUT2D eigenvalue weighted by atomic mass is 32.1. The van der Waals surface area contributed by atoms with Gasteiger partial charge in [-0.15, -0.1) is 11.3 Å². The lowest BCUT2D eigenvalue weighted by molar-refractivity contribution is -0.216. The van der Waals surface area contributed by atoms with E-state index in [1.807, 2.05) is 6.92 Å². The molecule has 1 aromatic heterocycles. The molecule has 0 aromatic carbocycles. The average molecular weight is 321 g/mol. The van der Waals surface area contributed by atoms with Crippen LogP contribution in [0.1, 0.15) is 35.0 Å². The molecule has 1 aliphatic rings. The van der Waals surface area contributed by atoms with Gasteiger partial charge in [-0.1, -0.05) is 0 Å². The molecular formula is C13H18F3N3OS. The number of carbonyl (C=O) groups excluding carboxylic acids is 1. The smallest absolute Gasteiger partial charge is 0.348 e. The first-order valence-electron chi connectivity index (χ1n) is 6.70. The van der Waals surface area contributed by atoms with Gasteiger partial charge in [-0.05, 0) is 33.7 Å². The number of hydrogen-bond acceptors (Lipinski definition) is 4. The molecule has 118 valence electrons. The zero-order valence-electron chi connectivity index (χ0n) is 12.1. The van der Waals surface area contributed by atoms with Crippen LogP contribution < -0.4 is 10.6 Å². The molecule has 0 bridgehead atoms. The van der Waals surface area contributed by atoms with Gasteiger partial charge in [0.1, 0.15) is 0 Å². The van der Waals surface area contributed by atoms with Crippen molar-refractivity contribution >= 4 is 17.2 Å². The Morgan fingerprint density at radius 2 is 2.14 bits per heavy atom. The summed E-state index contributed by atoms with van der Waals surface area (Å²) in [5.41, 5.74) is -1.58. The van der Waals surface area contributed by atoms with Gasteiger partial charge >= 0.3 is 6.18 Å². The number of halogens is 3. The molecule has 1 aromatic rings. The second-order valence-corrected chi connectivity index (χ2v) is 6.62. The molecule has 0 spiro atoms. The fourth-order valence-corrected chi connectivity index (χ4v) is 3.54. The number of hydrogen-bond donors (Lipinski definition) is 2. The Balaban J connectivity index is 2.18. The van der Waals surface area contributed by atoms with Gasteiger partial charge in [0.05, 0.1) is 16.7 Å². The maximum Gasteiger partial charge on any atom is 0.404 e. The Morgan fingerprint density at radius 1 is 1.48 bits per heavy atom. The number of thiazole rings is 1. The highest BCUT2D eigenvalue weighted by Crippen LogP contribution is 2.43. The van der Waals surface area contributed by atoms with E-state index in [9.17, 15) is 18.0 Å². The summed E-state index contributed by atoms with van der Waals surface area (Å²) in [5, 5.41) is 5.98. The highest BCUT2D eigenvalue weighted by molar-refractivity contribution is 7.11. The van der Waals surface area contributed by atoms with E-state index in [1.54, 1.807) is 13.8 Å². The van der Waals surface area contributed by atoms with Crippen molar-refractivity contribution in [1.82, 2.24) is 15.6 Å². The lowest BCUT2D eigenvalue weighted by atomic mass is 9.85. The molecule has 0 radical (unpaired) electrons. The zero-order chi connectivity index (χ0) is 15.8. The van der Waals surface area contributed by atoms with Crippen LogP contribution in [0.15, 0.2) is 0 Å². The quantitative estimate of drug-likeness (QED) is 0.899. The fourth-order valence-electron chi connectivity index (χ4n) is 2.61. The largest absolute Gasteiger partial charge is 0.404 e. The number of rotatable bonds is 3. The summed E-state index contributed by atoms with van der Waals surface area (Å²) in [6.45, 7) is 5.13. The molecule has 2 rings (SSSR count). The SMILES string of the molecule is Cc1nc(C)c(C(C)NC(=O)C2(C(F)(F)F)CCNC2)s1. The molecule has 0 saturated carbocycles. The van der Waals surface area contributed by atoms with Crippen molar-refractivity contribution in [2.24, 2.45) is 5.41 Å². The predicted octanol–water partition coefficient (Wildman–Crippen LogP) is 2.48. The van der Waals surface area contributed by atoms with Crippen LogP contribution in [0.4, 0.5) is 13.2 Å². The maximum absolute atomic E-state index is 13.3. The van der Waals surface area contributed by atoms with Gasteiger partial charge in [-0.25, -0.2) is 4.98 Å². The molecule has 0 aliphatic carbocycles. The van der Waals surface area contributed by atoms with E-state index in [0.29, 0.717) is 0 Å². The van der Waals surface area contributed by atoms with Crippen molar-refractivity contribution in [2.75, 3.05) is 13.1 Å². The highest BCUT2D eigenvalue weighted by Gasteiger charge is 2.61. The van der Waals surface area contributed by atoms with Gasteiger partial charge < -0.3 is 10.6 Å². The Bertz CT molecular complexity index is 535. The molecule has 2 N–H and O–H groups in total. The normalized spacial score (nSPS) is 24.1. The molecule has 1 aliphatic heterocycles. The number of nitrogens with one attached hydrogen (secondary N) is 2. The van der Waals surface area contributed by atoms with Gasteiger partial charge in [0.25, 0.3) is 0 Å². The number of aryl methyl sites for hydroxylation is 2. The molecule has 2 atom stereocenters. The summed E-state index contributed by atoms with van der Waals surface area (Å²) < 4.78 is 39.9. The predicted molar refractivity (Wildman–Crippen MR) is 74.1 cm³/mol. The summed E-state index contributed by atoms with van der Waals surface area (Å²) in [7, 11) is 0. The van der Waals surface area contributed by atoms with Crippen LogP contribution >= 0.6 is 11.3 Å². The summed E-state index contributed by atoms with van der Waals surface area (Å²) in [6.07, 6.45) is -4.78. The van der Waals surface area contributed by atoms with Gasteiger partial charge in [0.15, 0.2) is 5.41 Å². The first-order valence-corrected chi connectivity index (χ1v) is 7.51. The summed E-state index contributed by atoms with van der Waals surface area (Å²) in [5.74, 6) is -0.960. The molecule has 1 amide bonds. The molecule has 8 heteroatoms. The molecule has 1 fully saturated rings. The van der Waals surface area contributed by atoms with Crippen molar-refractivity contribution in [3.63, 3.8) is 0 Å². The first kappa shape index (κ1) is 16.2. The summed E-state index contributed by atoms with van der Waals surface area (Å²) in [4.78, 5) is 17.3. The molecule has 21 heavy (non-hydrogen) atoms. The maximum atomic E-state index is 13.3. The van der Waals surface area contributed by atoms with Crippen LogP contribution in [0.3, 0.4) is 0 Å². The molecular weight excluding hydrogens is 303 g/mol. The van der Waals surface area contributed by atoms with E-state index in [2.05, 4.69) is 15.6 Å². The minimum absolute atomic E-state index is 0.194. The Labute approximate surface area is 125 Å². The number of nitrogens with zero attached hydrogens (tertiary/aromatic N) is 1. The standard InChI is InChI=1S/C13H18F3N3OS/c1-7-10(21-9(3)18-7)8(2)19-11(20)12(13(14,15)16)4-5-17-6-12/h8,17H,4-6H2,1-3H3,(H,19,20). The van der Waals surface area contributed by atoms with Gasteiger partial charge in [0, 0.05) is 11.4 Å². The molecule has 4 nitrogen and oxygen atoms in total. The van der Waals surface area contributed by atoms with Gasteiger partial charge in [-0.3, -0.25) is 4.79 Å². The van der Waals surface area contributed by atoms with Crippen molar-refractivity contribution in [2.45, 2.75) is 39.4 Å². The van der Waals surface area contributed by atoms with Crippen LogP contribution in [0.25, 0.3) is 0 Å². The monoisotopic (exact) mass is 321 g/mol. The summed E-state index contributed by atoms with van der Waals surface area (Å²) >= 11 is 1.39. The van der Waals surface area contributed by atoms with E-state index in [4.69, 9.17) is 0 Å². The Hall–Kier alpha value is -1.15. The lowest BCUT2D eigenvalue weighted by Crippen LogP contribution is -2.52. The number of aromatic nitrogens is 1. The third-order valence-electron chi connectivity index (χ3n) is 3.81. The van der Waals surface area contributed by atoms with E-state index in [0.717, 1.165) is 15.6 Å². The Morgan fingerprint density at radius 3 is 2.57 bits per heavy atom. The topological polar surface area (TPSA) is 54.0 Å². The second-order valence-electron chi connectivity index (χ2n) is 5.38. The van der Waals surface area contributed by atoms with Gasteiger partial charge in [0.2, 0.25) is 5.91 Å². The van der Waals surface area contributed by atoms with Gasteiger partial charge in [-0.2, -0.15) is 13.2 Å². The lowest BCUT2D eigenvalue weighted by Gasteiger charge is -2.30. The molecule has 1 saturated heterocycles.